The predicted molar refractivity (Wildman–Crippen MR) is 118 cm³/mol. The molecular weight excluding hydrogens is 396 g/mol. The predicted octanol–water partition coefficient (Wildman–Crippen LogP) is 1.10. The van der Waals surface area contributed by atoms with E-state index in [9.17, 15) is 14.4 Å². The SMILES string of the molecule is O=C(CCn1[nH]c(=O)c2ccccc2c1=O)NCC1CN(Cc2ccccc2)CCO1. The third-order valence-electron chi connectivity index (χ3n) is 5.45. The average Bonchev–Trinajstić information content (AvgIpc) is 2.80. The largest absolute Gasteiger partial charge is 0.374 e. The van der Waals surface area contributed by atoms with Crippen molar-refractivity contribution in [1.82, 2.24) is 20.0 Å². The number of aryl methyl sites for hydroxylation is 1. The van der Waals surface area contributed by atoms with Crippen LogP contribution in [-0.4, -0.2) is 52.9 Å². The summed E-state index contributed by atoms with van der Waals surface area (Å²) in [5.74, 6) is -0.190. The Morgan fingerprint density at radius 1 is 1.06 bits per heavy atom. The summed E-state index contributed by atoms with van der Waals surface area (Å²) in [6.07, 6.45) is 0.0128. The van der Waals surface area contributed by atoms with Crippen LogP contribution >= 0.6 is 0 Å². The Balaban J connectivity index is 1.28. The molecule has 0 saturated carbocycles. The molecule has 2 N–H and O–H groups in total. The smallest absolute Gasteiger partial charge is 0.273 e. The molecule has 1 saturated heterocycles. The number of aromatic amines is 1. The van der Waals surface area contributed by atoms with Crippen molar-refractivity contribution in [3.63, 3.8) is 0 Å². The van der Waals surface area contributed by atoms with E-state index in [1.807, 2.05) is 18.2 Å². The molecule has 8 heteroatoms. The summed E-state index contributed by atoms with van der Waals surface area (Å²) in [6.45, 7) is 3.60. The summed E-state index contributed by atoms with van der Waals surface area (Å²) < 4.78 is 6.98. The monoisotopic (exact) mass is 422 g/mol. The lowest BCUT2D eigenvalue weighted by atomic mass is 10.2. The second-order valence-electron chi connectivity index (χ2n) is 7.71. The molecule has 0 bridgehead atoms. The highest BCUT2D eigenvalue weighted by Gasteiger charge is 2.21. The molecular formula is C23H26N4O4. The molecule has 0 aliphatic carbocycles. The zero-order chi connectivity index (χ0) is 21.6. The molecule has 1 aliphatic heterocycles. The molecule has 2 aromatic carbocycles. The topological polar surface area (TPSA) is 96.4 Å². The number of aromatic nitrogens is 2. The number of carbonyl (C=O) groups excluding carboxylic acids is 1. The summed E-state index contributed by atoms with van der Waals surface area (Å²) in [4.78, 5) is 39.3. The van der Waals surface area contributed by atoms with E-state index in [4.69, 9.17) is 4.74 Å². The van der Waals surface area contributed by atoms with Gasteiger partial charge in [0.25, 0.3) is 11.1 Å². The van der Waals surface area contributed by atoms with Crippen LogP contribution in [0.25, 0.3) is 10.8 Å². The highest BCUT2D eigenvalue weighted by molar-refractivity contribution is 5.80. The molecule has 31 heavy (non-hydrogen) atoms. The van der Waals surface area contributed by atoms with Gasteiger partial charge in [0, 0.05) is 32.6 Å². The number of hydrogen-bond donors (Lipinski definition) is 2. The highest BCUT2D eigenvalue weighted by Crippen LogP contribution is 2.10. The van der Waals surface area contributed by atoms with Crippen LogP contribution in [0.5, 0.6) is 0 Å². The van der Waals surface area contributed by atoms with Gasteiger partial charge in [0.1, 0.15) is 0 Å². The molecule has 1 fully saturated rings. The normalized spacial score (nSPS) is 17.0. The Labute approximate surface area is 179 Å². The molecule has 0 radical (unpaired) electrons. The van der Waals surface area contributed by atoms with Gasteiger partial charge >= 0.3 is 0 Å². The molecule has 1 amide bonds. The standard InChI is InChI=1S/C23H26N4O4/c28-21(10-11-27-23(30)20-9-5-4-8-19(20)22(29)25-27)24-14-18-16-26(12-13-31-18)15-17-6-2-1-3-7-17/h1-9,18H,10-16H2,(H,24,28)(H,25,29). The van der Waals surface area contributed by atoms with Crippen LogP contribution in [0.3, 0.4) is 0 Å². The summed E-state index contributed by atoms with van der Waals surface area (Å²) in [7, 11) is 0. The zero-order valence-corrected chi connectivity index (χ0v) is 17.3. The molecule has 1 atom stereocenters. The first-order chi connectivity index (χ1) is 15.1. The van der Waals surface area contributed by atoms with Crippen LogP contribution < -0.4 is 16.4 Å². The van der Waals surface area contributed by atoms with Crippen LogP contribution in [0.2, 0.25) is 0 Å². The van der Waals surface area contributed by atoms with E-state index in [-0.39, 0.29) is 36.1 Å². The van der Waals surface area contributed by atoms with Crippen molar-refractivity contribution >= 4 is 16.7 Å². The van der Waals surface area contributed by atoms with Crippen molar-refractivity contribution in [2.75, 3.05) is 26.2 Å². The number of fused-ring (bicyclic) bond motifs is 1. The number of carbonyl (C=O) groups is 1. The lowest BCUT2D eigenvalue weighted by molar-refractivity contribution is -0.122. The molecule has 3 aromatic rings. The van der Waals surface area contributed by atoms with Gasteiger partial charge in [0.15, 0.2) is 0 Å². The van der Waals surface area contributed by atoms with E-state index in [1.54, 1.807) is 24.3 Å². The van der Waals surface area contributed by atoms with Crippen molar-refractivity contribution < 1.29 is 9.53 Å². The lowest BCUT2D eigenvalue weighted by Gasteiger charge is -2.33. The van der Waals surface area contributed by atoms with E-state index >= 15 is 0 Å². The molecule has 1 aromatic heterocycles. The quantitative estimate of drug-likeness (QED) is 0.594. The minimum Gasteiger partial charge on any atom is -0.374 e. The van der Waals surface area contributed by atoms with Crippen LogP contribution in [0, 0.1) is 0 Å². The van der Waals surface area contributed by atoms with Crippen molar-refractivity contribution in [2.45, 2.75) is 25.6 Å². The Kier molecular flexibility index (Phi) is 6.59. The summed E-state index contributed by atoms with van der Waals surface area (Å²) in [5.41, 5.74) is 0.599. The first kappa shape index (κ1) is 21.0. The van der Waals surface area contributed by atoms with Crippen molar-refractivity contribution in [1.29, 1.82) is 0 Å². The number of ether oxygens (including phenoxy) is 1. The second kappa shape index (κ2) is 9.72. The van der Waals surface area contributed by atoms with E-state index in [2.05, 4.69) is 27.4 Å². The van der Waals surface area contributed by atoms with E-state index in [0.717, 1.165) is 19.6 Å². The summed E-state index contributed by atoms with van der Waals surface area (Å²) in [5, 5.41) is 6.12. The number of H-pyrrole nitrogens is 1. The summed E-state index contributed by atoms with van der Waals surface area (Å²) in [6, 6.07) is 16.9. The van der Waals surface area contributed by atoms with Crippen molar-refractivity contribution in [2.24, 2.45) is 0 Å². The minimum atomic E-state index is -0.343. The van der Waals surface area contributed by atoms with Gasteiger partial charge in [-0.3, -0.25) is 24.4 Å². The second-order valence-corrected chi connectivity index (χ2v) is 7.71. The van der Waals surface area contributed by atoms with E-state index in [1.165, 1.54) is 10.2 Å². The Morgan fingerprint density at radius 3 is 2.61 bits per heavy atom. The van der Waals surface area contributed by atoms with Crippen LogP contribution in [0.4, 0.5) is 0 Å². The minimum absolute atomic E-state index is 0.0791. The maximum absolute atomic E-state index is 12.5. The molecule has 8 nitrogen and oxygen atoms in total. The highest BCUT2D eigenvalue weighted by atomic mass is 16.5. The fraction of sp³-hybridized carbons (Fsp3) is 0.348. The van der Waals surface area contributed by atoms with Gasteiger partial charge in [-0.15, -0.1) is 0 Å². The van der Waals surface area contributed by atoms with Crippen LogP contribution in [0.15, 0.2) is 64.2 Å². The van der Waals surface area contributed by atoms with Gasteiger partial charge in [0.2, 0.25) is 5.91 Å². The van der Waals surface area contributed by atoms with Crippen molar-refractivity contribution in [3.05, 3.63) is 80.9 Å². The number of morpholine rings is 1. The van der Waals surface area contributed by atoms with Gasteiger partial charge in [-0.05, 0) is 17.7 Å². The van der Waals surface area contributed by atoms with Crippen LogP contribution in [0.1, 0.15) is 12.0 Å². The Morgan fingerprint density at radius 2 is 1.81 bits per heavy atom. The molecule has 0 spiro atoms. The fourth-order valence-corrected chi connectivity index (χ4v) is 3.82. The maximum atomic E-state index is 12.5. The number of nitrogens with one attached hydrogen (secondary N) is 2. The molecule has 162 valence electrons. The molecule has 1 aliphatic rings. The first-order valence-corrected chi connectivity index (χ1v) is 10.5. The van der Waals surface area contributed by atoms with Gasteiger partial charge in [-0.1, -0.05) is 42.5 Å². The molecule has 1 unspecified atom stereocenters. The molecule has 2 heterocycles. The number of amides is 1. The maximum Gasteiger partial charge on any atom is 0.273 e. The van der Waals surface area contributed by atoms with E-state index < -0.39 is 0 Å². The van der Waals surface area contributed by atoms with Gasteiger partial charge < -0.3 is 10.1 Å². The Bertz CT molecular complexity index is 1160. The third-order valence-corrected chi connectivity index (χ3v) is 5.45. The fourth-order valence-electron chi connectivity index (χ4n) is 3.82. The number of nitrogens with zero attached hydrogens (tertiary/aromatic N) is 2. The zero-order valence-electron chi connectivity index (χ0n) is 17.3. The van der Waals surface area contributed by atoms with Gasteiger partial charge in [-0.25, -0.2) is 4.68 Å². The lowest BCUT2D eigenvalue weighted by Crippen LogP contribution is -2.47. The average molecular weight is 422 g/mol. The van der Waals surface area contributed by atoms with Gasteiger partial charge in [0.05, 0.1) is 30.0 Å². The molecule has 4 rings (SSSR count). The third kappa shape index (κ3) is 5.28. The number of benzene rings is 2. The van der Waals surface area contributed by atoms with Crippen molar-refractivity contribution in [3.8, 4) is 0 Å². The number of hydrogen-bond acceptors (Lipinski definition) is 5. The first-order valence-electron chi connectivity index (χ1n) is 10.5. The Hall–Kier alpha value is -3.23. The van der Waals surface area contributed by atoms with E-state index in [0.29, 0.717) is 23.9 Å². The number of rotatable bonds is 7. The summed E-state index contributed by atoms with van der Waals surface area (Å²) >= 11 is 0. The van der Waals surface area contributed by atoms with Crippen LogP contribution in [-0.2, 0) is 22.6 Å². The van der Waals surface area contributed by atoms with Gasteiger partial charge in [-0.2, -0.15) is 0 Å².